The number of ether oxygens (including phenoxy) is 4. The number of amides is 2. The second-order valence-corrected chi connectivity index (χ2v) is 10.1. The molecule has 0 aromatic rings. The Hall–Kier alpha value is -1.91. The number of piperazine rings is 1. The molecule has 10 heteroatoms. The number of hydrogen-bond acceptors (Lipinski definition) is 8. The van der Waals surface area contributed by atoms with Gasteiger partial charge in [0.25, 0.3) is 0 Å². The summed E-state index contributed by atoms with van der Waals surface area (Å²) in [5, 5.41) is 2.63. The molecular weight excluding hydrogens is 454 g/mol. The van der Waals surface area contributed by atoms with Gasteiger partial charge in [-0.05, 0) is 53.4 Å². The number of rotatable bonds is 12. The maximum atomic E-state index is 12.5. The summed E-state index contributed by atoms with van der Waals surface area (Å²) in [7, 11) is 0. The molecule has 0 unspecified atom stereocenters. The van der Waals surface area contributed by atoms with Crippen LogP contribution >= 0.6 is 0 Å². The van der Waals surface area contributed by atoms with Crippen LogP contribution in [0.25, 0.3) is 0 Å². The molecule has 1 saturated carbocycles. The molecule has 2 rings (SSSR count). The largest absolute Gasteiger partial charge is 0.466 e. The Balaban J connectivity index is 1.47. The predicted octanol–water partition coefficient (Wildman–Crippen LogP) is 2.20. The SMILES string of the molecule is CCOC(=O)[C@H]1CC[C@H](N2CCN(C(=O)CCOCCOCCNC(=O)OC(C)(C)C)CC2)CC1. The van der Waals surface area contributed by atoms with Gasteiger partial charge in [0, 0.05) is 38.8 Å². The fraction of sp³-hybridized carbons (Fsp3) is 0.880. The smallest absolute Gasteiger partial charge is 0.407 e. The Morgan fingerprint density at radius 3 is 2.11 bits per heavy atom. The van der Waals surface area contributed by atoms with E-state index in [2.05, 4.69) is 10.2 Å². The van der Waals surface area contributed by atoms with Crippen LogP contribution in [-0.2, 0) is 28.5 Å². The summed E-state index contributed by atoms with van der Waals surface area (Å²) in [6.45, 7) is 12.9. The number of carbonyl (C=O) groups excluding carboxylic acids is 3. The van der Waals surface area contributed by atoms with E-state index in [-0.39, 0.29) is 17.8 Å². The van der Waals surface area contributed by atoms with Gasteiger partial charge in [-0.25, -0.2) is 4.79 Å². The van der Waals surface area contributed by atoms with Crippen molar-refractivity contribution in [3.05, 3.63) is 0 Å². The zero-order chi connectivity index (χ0) is 25.7. The normalized spacial score (nSPS) is 21.4. The van der Waals surface area contributed by atoms with Gasteiger partial charge < -0.3 is 29.2 Å². The maximum absolute atomic E-state index is 12.5. The van der Waals surface area contributed by atoms with Crippen LogP contribution in [0.15, 0.2) is 0 Å². The van der Waals surface area contributed by atoms with Crippen molar-refractivity contribution in [2.24, 2.45) is 5.92 Å². The topological polar surface area (TPSA) is 107 Å². The molecule has 0 bridgehead atoms. The molecule has 1 aliphatic heterocycles. The number of alkyl carbamates (subject to hydrolysis) is 1. The van der Waals surface area contributed by atoms with Gasteiger partial charge in [0.15, 0.2) is 0 Å². The highest BCUT2D eigenvalue weighted by Gasteiger charge is 2.32. The second kappa shape index (κ2) is 15.3. The molecule has 1 heterocycles. The fourth-order valence-electron chi connectivity index (χ4n) is 4.45. The Kier molecular flexibility index (Phi) is 12.8. The average molecular weight is 500 g/mol. The van der Waals surface area contributed by atoms with Crippen LogP contribution in [0.4, 0.5) is 4.79 Å². The van der Waals surface area contributed by atoms with Gasteiger partial charge in [-0.2, -0.15) is 0 Å². The van der Waals surface area contributed by atoms with Gasteiger partial charge >= 0.3 is 12.1 Å². The highest BCUT2D eigenvalue weighted by Crippen LogP contribution is 2.29. The molecule has 2 aliphatic rings. The van der Waals surface area contributed by atoms with E-state index in [0.717, 1.165) is 51.9 Å². The number of hydrogen-bond donors (Lipinski definition) is 1. The Morgan fingerprint density at radius 2 is 1.51 bits per heavy atom. The molecule has 0 spiro atoms. The monoisotopic (exact) mass is 499 g/mol. The van der Waals surface area contributed by atoms with Gasteiger partial charge in [0.05, 0.1) is 45.4 Å². The Labute approximate surface area is 209 Å². The average Bonchev–Trinajstić information content (AvgIpc) is 2.82. The van der Waals surface area contributed by atoms with Crippen molar-refractivity contribution in [3.8, 4) is 0 Å². The van der Waals surface area contributed by atoms with Crippen LogP contribution in [0.5, 0.6) is 0 Å². The summed E-state index contributed by atoms with van der Waals surface area (Å²) in [5.74, 6) is 0.122. The maximum Gasteiger partial charge on any atom is 0.407 e. The zero-order valence-corrected chi connectivity index (χ0v) is 22.0. The molecular formula is C25H45N3O7. The second-order valence-electron chi connectivity index (χ2n) is 10.1. The van der Waals surface area contributed by atoms with Crippen molar-refractivity contribution in [1.82, 2.24) is 15.1 Å². The van der Waals surface area contributed by atoms with Crippen LogP contribution in [0.1, 0.15) is 59.8 Å². The molecule has 35 heavy (non-hydrogen) atoms. The van der Waals surface area contributed by atoms with Crippen molar-refractivity contribution in [3.63, 3.8) is 0 Å². The van der Waals surface area contributed by atoms with E-state index in [1.54, 1.807) is 0 Å². The van der Waals surface area contributed by atoms with Gasteiger partial charge in [0.2, 0.25) is 5.91 Å². The molecule has 2 fully saturated rings. The lowest BCUT2D eigenvalue weighted by atomic mass is 9.85. The van der Waals surface area contributed by atoms with Crippen molar-refractivity contribution in [2.45, 2.75) is 71.4 Å². The van der Waals surface area contributed by atoms with Crippen LogP contribution < -0.4 is 5.32 Å². The minimum absolute atomic E-state index is 0.0494. The fourth-order valence-corrected chi connectivity index (χ4v) is 4.45. The van der Waals surface area contributed by atoms with Gasteiger partial charge in [0.1, 0.15) is 5.60 Å². The summed E-state index contributed by atoms with van der Waals surface area (Å²) < 4.78 is 21.2. The summed E-state index contributed by atoms with van der Waals surface area (Å²) in [5.41, 5.74) is -0.518. The van der Waals surface area contributed by atoms with Crippen molar-refractivity contribution in [2.75, 3.05) is 65.8 Å². The van der Waals surface area contributed by atoms with E-state index in [1.165, 1.54) is 0 Å². The minimum Gasteiger partial charge on any atom is -0.466 e. The molecule has 0 atom stereocenters. The number of nitrogens with zero attached hydrogens (tertiary/aromatic N) is 2. The molecule has 1 aliphatic carbocycles. The third kappa shape index (κ3) is 11.6. The molecule has 2 amide bonds. The molecule has 10 nitrogen and oxygen atoms in total. The van der Waals surface area contributed by atoms with E-state index in [4.69, 9.17) is 18.9 Å². The number of esters is 1. The first-order valence-corrected chi connectivity index (χ1v) is 13.0. The first-order valence-electron chi connectivity index (χ1n) is 13.0. The number of nitrogens with one attached hydrogen (secondary N) is 1. The van der Waals surface area contributed by atoms with E-state index in [9.17, 15) is 14.4 Å². The summed E-state index contributed by atoms with van der Waals surface area (Å²) in [6, 6.07) is 0.501. The van der Waals surface area contributed by atoms with E-state index in [1.807, 2.05) is 32.6 Å². The van der Waals surface area contributed by atoms with Gasteiger partial charge in [-0.1, -0.05) is 0 Å². The van der Waals surface area contributed by atoms with Gasteiger partial charge in [-0.15, -0.1) is 0 Å². The Bertz CT molecular complexity index is 652. The van der Waals surface area contributed by atoms with E-state index < -0.39 is 11.7 Å². The third-order valence-corrected chi connectivity index (χ3v) is 6.25. The van der Waals surface area contributed by atoms with E-state index in [0.29, 0.717) is 52.0 Å². The van der Waals surface area contributed by atoms with E-state index >= 15 is 0 Å². The summed E-state index contributed by atoms with van der Waals surface area (Å²) >= 11 is 0. The summed E-state index contributed by atoms with van der Waals surface area (Å²) in [4.78, 5) is 40.3. The molecule has 0 aromatic heterocycles. The van der Waals surface area contributed by atoms with Crippen molar-refractivity contribution in [1.29, 1.82) is 0 Å². The predicted molar refractivity (Wildman–Crippen MR) is 131 cm³/mol. The Morgan fingerprint density at radius 1 is 0.886 bits per heavy atom. The minimum atomic E-state index is -0.518. The highest BCUT2D eigenvalue weighted by molar-refractivity contribution is 5.76. The van der Waals surface area contributed by atoms with Crippen LogP contribution in [-0.4, -0.2) is 105 Å². The standard InChI is InChI=1S/C25H45N3O7/c1-5-34-23(30)20-6-8-21(9-7-20)27-12-14-28(15-13-27)22(29)10-16-32-18-19-33-17-11-26-24(31)35-25(2,3)4/h20-21H,5-19H2,1-4H3,(H,26,31)/t20-,21-. The molecule has 202 valence electrons. The summed E-state index contributed by atoms with van der Waals surface area (Å²) in [6.07, 6.45) is 3.73. The molecule has 1 saturated heterocycles. The first-order chi connectivity index (χ1) is 16.7. The lowest BCUT2D eigenvalue weighted by Gasteiger charge is -2.41. The lowest BCUT2D eigenvalue weighted by Crippen LogP contribution is -2.52. The van der Waals surface area contributed by atoms with Crippen LogP contribution in [0.3, 0.4) is 0 Å². The molecule has 0 aromatic carbocycles. The third-order valence-electron chi connectivity index (χ3n) is 6.25. The lowest BCUT2D eigenvalue weighted by molar-refractivity contribution is -0.149. The van der Waals surface area contributed by atoms with Crippen LogP contribution in [0.2, 0.25) is 0 Å². The first kappa shape index (κ1) is 29.3. The zero-order valence-electron chi connectivity index (χ0n) is 22.0. The van der Waals surface area contributed by atoms with Gasteiger partial charge in [-0.3, -0.25) is 14.5 Å². The molecule has 1 N–H and O–H groups in total. The van der Waals surface area contributed by atoms with Crippen molar-refractivity contribution < 1.29 is 33.3 Å². The van der Waals surface area contributed by atoms with Crippen molar-refractivity contribution >= 4 is 18.0 Å². The molecule has 0 radical (unpaired) electrons. The quantitative estimate of drug-likeness (QED) is 0.322. The van der Waals surface area contributed by atoms with Crippen LogP contribution in [0, 0.1) is 5.92 Å². The number of carbonyl (C=O) groups is 3. The highest BCUT2D eigenvalue weighted by atomic mass is 16.6.